The topological polar surface area (TPSA) is 58.3 Å². The van der Waals surface area contributed by atoms with E-state index in [0.717, 1.165) is 55.2 Å². The highest BCUT2D eigenvalue weighted by Gasteiger charge is 2.30. The van der Waals surface area contributed by atoms with Crippen molar-refractivity contribution in [2.45, 2.75) is 51.5 Å². The number of nitrogens with zero attached hydrogens (tertiary/aromatic N) is 5. The third-order valence-corrected chi connectivity index (χ3v) is 4.87. The number of benzene rings is 1. The molecular formula is C19H26F3IN6. The Morgan fingerprint density at radius 2 is 1.90 bits per heavy atom. The van der Waals surface area contributed by atoms with Crippen LogP contribution in [0.1, 0.15) is 42.0 Å². The fourth-order valence-electron chi connectivity index (χ4n) is 3.37. The van der Waals surface area contributed by atoms with E-state index >= 15 is 0 Å². The molecule has 2 heterocycles. The van der Waals surface area contributed by atoms with Crippen molar-refractivity contribution < 1.29 is 13.2 Å². The largest absolute Gasteiger partial charge is 0.416 e. The first-order valence-electron chi connectivity index (χ1n) is 9.37. The fraction of sp³-hybridized carbons (Fsp3) is 0.526. The molecular weight excluding hydrogens is 496 g/mol. The van der Waals surface area contributed by atoms with Gasteiger partial charge >= 0.3 is 6.18 Å². The van der Waals surface area contributed by atoms with Crippen LogP contribution in [0.25, 0.3) is 0 Å². The van der Waals surface area contributed by atoms with Gasteiger partial charge in [-0.15, -0.1) is 34.2 Å². The zero-order valence-corrected chi connectivity index (χ0v) is 18.9. The maximum absolute atomic E-state index is 12.7. The number of hydrogen-bond donors (Lipinski definition) is 1. The summed E-state index contributed by atoms with van der Waals surface area (Å²) in [6, 6.07) is 5.19. The third kappa shape index (κ3) is 6.06. The molecule has 0 amide bonds. The van der Waals surface area contributed by atoms with Gasteiger partial charge in [-0.25, -0.2) is 0 Å². The highest BCUT2D eigenvalue weighted by Crippen LogP contribution is 2.29. The maximum Gasteiger partial charge on any atom is 0.416 e. The first-order valence-corrected chi connectivity index (χ1v) is 9.37. The summed E-state index contributed by atoms with van der Waals surface area (Å²) in [5.74, 6) is 2.55. The van der Waals surface area contributed by atoms with Crippen molar-refractivity contribution in [1.29, 1.82) is 0 Å². The second kappa shape index (κ2) is 10.3. The van der Waals surface area contributed by atoms with Crippen LogP contribution in [0.2, 0.25) is 0 Å². The molecule has 0 atom stereocenters. The van der Waals surface area contributed by atoms with E-state index in [0.29, 0.717) is 19.0 Å². The maximum atomic E-state index is 12.7. The summed E-state index contributed by atoms with van der Waals surface area (Å²) in [5.41, 5.74) is 0.128. The second-order valence-electron chi connectivity index (χ2n) is 6.95. The van der Waals surface area contributed by atoms with Gasteiger partial charge in [-0.3, -0.25) is 4.99 Å². The molecule has 6 nitrogen and oxygen atoms in total. The van der Waals surface area contributed by atoms with Crippen molar-refractivity contribution in [2.75, 3.05) is 14.1 Å². The molecule has 0 bridgehead atoms. The first-order chi connectivity index (χ1) is 13.4. The Balaban J connectivity index is 0.00000300. The van der Waals surface area contributed by atoms with Gasteiger partial charge in [0.1, 0.15) is 5.82 Å². The molecule has 1 aromatic carbocycles. The minimum Gasteiger partial charge on any atom is -0.349 e. The van der Waals surface area contributed by atoms with Crippen molar-refractivity contribution >= 4 is 29.9 Å². The standard InChI is InChI=1S/C19H25F3N6.HI/c1-23-18(24-12-17-26-25-16-6-4-3-5-11-28(16)17)27(2)13-14-7-9-15(10-8-14)19(20,21)22;/h7-10H,3-6,11-13H2,1-2H3,(H,23,24);1H. The molecule has 1 aliphatic rings. The number of rotatable bonds is 4. The molecule has 0 aliphatic carbocycles. The van der Waals surface area contributed by atoms with Crippen LogP contribution in [0, 0.1) is 0 Å². The molecule has 0 fully saturated rings. The van der Waals surface area contributed by atoms with Crippen LogP contribution in [-0.4, -0.2) is 39.7 Å². The van der Waals surface area contributed by atoms with Crippen LogP contribution in [0.3, 0.4) is 0 Å². The highest BCUT2D eigenvalue weighted by atomic mass is 127. The van der Waals surface area contributed by atoms with Crippen molar-refractivity contribution in [2.24, 2.45) is 4.99 Å². The normalized spacial score (nSPS) is 14.6. The van der Waals surface area contributed by atoms with Gasteiger partial charge in [-0.2, -0.15) is 13.2 Å². The summed E-state index contributed by atoms with van der Waals surface area (Å²) in [4.78, 5) is 6.13. The van der Waals surface area contributed by atoms with Gasteiger partial charge in [0, 0.05) is 33.6 Å². The summed E-state index contributed by atoms with van der Waals surface area (Å²) < 4.78 is 40.2. The molecule has 0 saturated heterocycles. The summed E-state index contributed by atoms with van der Waals surface area (Å²) in [6.45, 7) is 1.87. The molecule has 0 spiro atoms. The molecule has 0 radical (unpaired) electrons. The Labute approximate surface area is 185 Å². The first kappa shape index (κ1) is 23.4. The minimum atomic E-state index is -4.32. The second-order valence-corrected chi connectivity index (χ2v) is 6.95. The Morgan fingerprint density at radius 3 is 2.55 bits per heavy atom. The predicted octanol–water partition coefficient (Wildman–Crippen LogP) is 3.85. The number of alkyl halides is 3. The lowest BCUT2D eigenvalue weighted by Crippen LogP contribution is -2.38. The summed E-state index contributed by atoms with van der Waals surface area (Å²) >= 11 is 0. The average Bonchev–Trinajstić information content (AvgIpc) is 2.88. The number of halogens is 4. The Morgan fingerprint density at radius 1 is 1.17 bits per heavy atom. The van der Waals surface area contributed by atoms with Crippen molar-refractivity contribution in [3.05, 3.63) is 47.0 Å². The van der Waals surface area contributed by atoms with E-state index in [4.69, 9.17) is 0 Å². The molecule has 1 aliphatic heterocycles. The number of fused-ring (bicyclic) bond motifs is 1. The quantitative estimate of drug-likeness (QED) is 0.377. The van der Waals surface area contributed by atoms with Crippen LogP contribution in [-0.2, 0) is 32.2 Å². The zero-order valence-electron chi connectivity index (χ0n) is 16.5. The van der Waals surface area contributed by atoms with Crippen LogP contribution in [0.15, 0.2) is 29.3 Å². The highest BCUT2D eigenvalue weighted by molar-refractivity contribution is 14.0. The van der Waals surface area contributed by atoms with E-state index in [2.05, 4.69) is 25.1 Å². The number of aryl methyl sites for hydroxylation is 1. The van der Waals surface area contributed by atoms with Crippen LogP contribution in [0.4, 0.5) is 13.2 Å². The average molecular weight is 522 g/mol. The third-order valence-electron chi connectivity index (χ3n) is 4.87. The summed E-state index contributed by atoms with van der Waals surface area (Å²) in [6.07, 6.45) is 0.102. The van der Waals surface area contributed by atoms with Crippen LogP contribution < -0.4 is 5.32 Å². The molecule has 2 aromatic rings. The number of guanidine groups is 1. The summed E-state index contributed by atoms with van der Waals surface area (Å²) in [5, 5.41) is 11.9. The SMILES string of the molecule is CN=C(NCc1nnc2n1CCCCC2)N(C)Cc1ccc(C(F)(F)F)cc1.I. The van der Waals surface area contributed by atoms with Gasteiger partial charge in [0.2, 0.25) is 0 Å². The number of nitrogens with one attached hydrogen (secondary N) is 1. The van der Waals surface area contributed by atoms with Gasteiger partial charge < -0.3 is 14.8 Å². The lowest BCUT2D eigenvalue weighted by Gasteiger charge is -2.22. The van der Waals surface area contributed by atoms with Gasteiger partial charge in [0.25, 0.3) is 0 Å². The molecule has 1 aromatic heterocycles. The van der Waals surface area contributed by atoms with Gasteiger partial charge in [-0.1, -0.05) is 18.6 Å². The van der Waals surface area contributed by atoms with E-state index in [1.807, 2.05) is 11.9 Å². The van der Waals surface area contributed by atoms with E-state index in [-0.39, 0.29) is 24.0 Å². The zero-order chi connectivity index (χ0) is 20.1. The van der Waals surface area contributed by atoms with Gasteiger partial charge in [-0.05, 0) is 30.5 Å². The monoisotopic (exact) mass is 522 g/mol. The number of aliphatic imine (C=N–C) groups is 1. The fourth-order valence-corrected chi connectivity index (χ4v) is 3.37. The van der Waals surface area contributed by atoms with Gasteiger partial charge in [0.05, 0.1) is 12.1 Å². The molecule has 3 rings (SSSR count). The van der Waals surface area contributed by atoms with Crippen LogP contribution >= 0.6 is 24.0 Å². The van der Waals surface area contributed by atoms with Crippen molar-refractivity contribution in [1.82, 2.24) is 25.0 Å². The van der Waals surface area contributed by atoms with E-state index < -0.39 is 11.7 Å². The Kier molecular flexibility index (Phi) is 8.29. The lowest BCUT2D eigenvalue weighted by atomic mass is 10.1. The molecule has 160 valence electrons. The van der Waals surface area contributed by atoms with Crippen molar-refractivity contribution in [3.63, 3.8) is 0 Å². The molecule has 0 saturated carbocycles. The molecule has 29 heavy (non-hydrogen) atoms. The molecule has 0 unspecified atom stereocenters. The van der Waals surface area contributed by atoms with E-state index in [1.165, 1.54) is 18.6 Å². The number of hydrogen-bond acceptors (Lipinski definition) is 3. The Bertz CT molecular complexity index is 816. The number of aromatic nitrogens is 3. The van der Waals surface area contributed by atoms with Crippen molar-refractivity contribution in [3.8, 4) is 0 Å². The van der Waals surface area contributed by atoms with E-state index in [9.17, 15) is 13.2 Å². The Hall–Kier alpha value is -1.85. The predicted molar refractivity (Wildman–Crippen MR) is 116 cm³/mol. The minimum absolute atomic E-state index is 0. The molecule has 1 N–H and O–H groups in total. The van der Waals surface area contributed by atoms with Crippen LogP contribution in [0.5, 0.6) is 0 Å². The smallest absolute Gasteiger partial charge is 0.349 e. The molecule has 10 heteroatoms. The van der Waals surface area contributed by atoms with Gasteiger partial charge in [0.15, 0.2) is 11.8 Å². The summed E-state index contributed by atoms with van der Waals surface area (Å²) in [7, 11) is 3.52. The van der Waals surface area contributed by atoms with E-state index in [1.54, 1.807) is 7.05 Å². The lowest BCUT2D eigenvalue weighted by molar-refractivity contribution is -0.137.